The fourth-order valence-electron chi connectivity index (χ4n) is 5.26. The van der Waals surface area contributed by atoms with Crippen LogP contribution in [0.5, 0.6) is 23.0 Å². The molecule has 0 fully saturated rings. The van der Waals surface area contributed by atoms with Gasteiger partial charge in [0.1, 0.15) is 12.4 Å². The van der Waals surface area contributed by atoms with Gasteiger partial charge >= 0.3 is 10.9 Å². The molecule has 0 atom stereocenters. The van der Waals surface area contributed by atoms with Gasteiger partial charge in [-0.3, -0.25) is 10.1 Å². The standard InChI is InChI=1S/C31H38N2O8S/c1-19(2)18-42(36,37)41-22-9-10-24(28(15-22)39-7)23-11-12-26-30(20(3)16-31(4,5)32-26)25(23)17-40-29-14-21(33(34)35)8-13-27(29)38-6/h8-16,19,32,36-37H,17-18H2,1-7H3/p+2. The molecule has 42 heavy (non-hydrogen) atoms. The van der Waals surface area contributed by atoms with Crippen LogP contribution in [-0.4, -0.2) is 39.5 Å². The highest BCUT2D eigenvalue weighted by Crippen LogP contribution is 2.47. The van der Waals surface area contributed by atoms with Crippen molar-refractivity contribution >= 4 is 27.8 Å². The average molecular weight is 601 g/mol. The van der Waals surface area contributed by atoms with Crippen LogP contribution < -0.4 is 23.7 Å². The van der Waals surface area contributed by atoms with Gasteiger partial charge in [-0.2, -0.15) is 0 Å². The number of methoxy groups -OCH3 is 2. The van der Waals surface area contributed by atoms with Crippen LogP contribution >= 0.6 is 10.9 Å². The molecule has 0 saturated heterocycles. The molecule has 3 aromatic rings. The van der Waals surface area contributed by atoms with Crippen LogP contribution in [0.2, 0.25) is 0 Å². The van der Waals surface area contributed by atoms with E-state index in [0.717, 1.165) is 33.5 Å². The van der Waals surface area contributed by atoms with E-state index in [-0.39, 0.29) is 29.5 Å². The largest absolute Gasteiger partial charge is 0.496 e. The molecular weight excluding hydrogens is 560 g/mol. The van der Waals surface area contributed by atoms with Crippen LogP contribution in [0.4, 0.5) is 11.4 Å². The van der Waals surface area contributed by atoms with Crippen molar-refractivity contribution in [1.82, 2.24) is 0 Å². The molecule has 0 radical (unpaired) electrons. The number of benzene rings is 3. The van der Waals surface area contributed by atoms with Crippen LogP contribution in [0.1, 0.15) is 45.7 Å². The Morgan fingerprint density at radius 1 is 0.976 bits per heavy atom. The summed E-state index contributed by atoms with van der Waals surface area (Å²) < 4.78 is 39.9. The van der Waals surface area contributed by atoms with Gasteiger partial charge in [0.05, 0.1) is 30.7 Å². The molecule has 0 spiro atoms. The van der Waals surface area contributed by atoms with Gasteiger partial charge in [0.25, 0.3) is 5.69 Å². The Hall–Kier alpha value is -3.93. The van der Waals surface area contributed by atoms with E-state index >= 15 is 0 Å². The third kappa shape index (κ3) is 6.92. The van der Waals surface area contributed by atoms with E-state index in [1.54, 1.807) is 19.2 Å². The summed E-state index contributed by atoms with van der Waals surface area (Å²) >= 11 is 0. The number of rotatable bonds is 11. The summed E-state index contributed by atoms with van der Waals surface area (Å²) in [6.07, 6.45) is 2.16. The lowest BCUT2D eigenvalue weighted by atomic mass is 9.85. The maximum Gasteiger partial charge on any atom is 0.369 e. The lowest BCUT2D eigenvalue weighted by Crippen LogP contribution is -2.32. The summed E-state index contributed by atoms with van der Waals surface area (Å²) in [6.45, 7) is 10.3. The number of nitrogens with one attached hydrogen (secondary N) is 1. The van der Waals surface area contributed by atoms with E-state index < -0.39 is 15.8 Å². The molecule has 5 N–H and O–H groups in total. The zero-order chi connectivity index (χ0) is 30.8. The van der Waals surface area contributed by atoms with Gasteiger partial charge in [-0.05, 0) is 62.1 Å². The minimum Gasteiger partial charge on any atom is -0.496 e. The number of fused-ring (bicyclic) bond motifs is 1. The lowest BCUT2D eigenvalue weighted by molar-refractivity contribution is -0.385. The average Bonchev–Trinajstić information content (AvgIpc) is 2.89. The normalized spacial score (nSPS) is 14.4. The number of nitro benzene ring substituents is 1. The number of hydrogen-bond donors (Lipinski definition) is 1. The van der Waals surface area contributed by atoms with Gasteiger partial charge < -0.3 is 32.8 Å². The van der Waals surface area contributed by atoms with Gasteiger partial charge in [-0.25, -0.2) is 0 Å². The molecule has 0 saturated carbocycles. The van der Waals surface area contributed by atoms with Crippen molar-refractivity contribution in [2.24, 2.45) is 5.92 Å². The van der Waals surface area contributed by atoms with Crippen molar-refractivity contribution in [2.45, 2.75) is 46.8 Å². The van der Waals surface area contributed by atoms with Gasteiger partial charge in [0.2, 0.25) is 0 Å². The van der Waals surface area contributed by atoms with Crippen LogP contribution in [0.25, 0.3) is 16.7 Å². The molecule has 1 heterocycles. The Morgan fingerprint density at radius 3 is 2.31 bits per heavy atom. The van der Waals surface area contributed by atoms with Gasteiger partial charge in [-0.15, -0.1) is 0 Å². The zero-order valence-corrected chi connectivity index (χ0v) is 25.8. The molecule has 0 amide bonds. The molecular formula is C31H40N2O8S+2. The summed E-state index contributed by atoms with van der Waals surface area (Å²) in [7, 11) is 0.272. The second kappa shape index (κ2) is 12.1. The van der Waals surface area contributed by atoms with Crippen LogP contribution in [-0.2, 0) is 6.61 Å². The van der Waals surface area contributed by atoms with Crippen molar-refractivity contribution in [2.75, 3.05) is 25.3 Å². The van der Waals surface area contributed by atoms with Crippen LogP contribution in [0, 0.1) is 16.0 Å². The van der Waals surface area contributed by atoms with Crippen molar-refractivity contribution in [1.29, 1.82) is 0 Å². The Balaban J connectivity index is 1.82. The predicted molar refractivity (Wildman–Crippen MR) is 169 cm³/mol. The molecule has 0 unspecified atom stereocenters. The van der Waals surface area contributed by atoms with Crippen molar-refractivity contribution in [3.8, 4) is 34.1 Å². The van der Waals surface area contributed by atoms with Gasteiger partial charge in [0, 0.05) is 34.5 Å². The lowest BCUT2D eigenvalue weighted by Gasteiger charge is -2.33. The minimum absolute atomic E-state index is 0.0891. The van der Waals surface area contributed by atoms with E-state index in [1.165, 1.54) is 25.3 Å². The van der Waals surface area contributed by atoms with E-state index in [0.29, 0.717) is 23.0 Å². The highest BCUT2D eigenvalue weighted by atomic mass is 32.3. The maximum absolute atomic E-state index is 11.4. The molecule has 0 bridgehead atoms. The number of nitrogens with zero attached hydrogens (tertiary/aromatic N) is 1. The zero-order valence-electron chi connectivity index (χ0n) is 25.0. The minimum atomic E-state index is -2.78. The highest BCUT2D eigenvalue weighted by Gasteiger charge is 2.33. The molecule has 10 nitrogen and oxygen atoms in total. The monoisotopic (exact) mass is 600 g/mol. The van der Waals surface area contributed by atoms with E-state index in [2.05, 4.69) is 32.2 Å². The fraction of sp³-hybridized carbons (Fsp3) is 0.355. The summed E-state index contributed by atoms with van der Waals surface area (Å²) in [6, 6.07) is 13.6. The number of non-ortho nitro benzene ring substituents is 1. The molecule has 1 aliphatic heterocycles. The van der Waals surface area contributed by atoms with Gasteiger partial charge in [-0.1, -0.05) is 26.0 Å². The SMILES string of the molecule is COc1ccc([N+](=O)[O-])cc1OCc1c(-c2ccc(OS([OH2+])([OH2+])CC(C)C)cc2OC)ccc2c1C(C)=CC(C)(C)N2. The molecule has 3 aromatic carbocycles. The number of allylic oxidation sites excluding steroid dienone is 1. The van der Waals surface area contributed by atoms with Crippen molar-refractivity contribution < 1.29 is 32.4 Å². The first-order chi connectivity index (χ1) is 19.7. The Kier molecular flexibility index (Phi) is 8.95. The summed E-state index contributed by atoms with van der Waals surface area (Å²) in [4.78, 5) is 11.0. The first kappa shape index (κ1) is 31.0. The molecule has 11 heteroatoms. The number of hydrogen-bond acceptors (Lipinski definition) is 7. The quantitative estimate of drug-likeness (QED) is 0.151. The second-order valence-corrected chi connectivity index (χ2v) is 13.1. The van der Waals surface area contributed by atoms with Crippen molar-refractivity contribution in [3.05, 3.63) is 75.8 Å². The molecule has 226 valence electrons. The summed E-state index contributed by atoms with van der Waals surface area (Å²) in [5, 5.41) is 15.0. The van der Waals surface area contributed by atoms with E-state index in [9.17, 15) is 10.1 Å². The smallest absolute Gasteiger partial charge is 0.369 e. The van der Waals surface area contributed by atoms with Crippen molar-refractivity contribution in [3.63, 3.8) is 0 Å². The maximum atomic E-state index is 11.4. The first-order valence-corrected chi connectivity index (χ1v) is 15.2. The molecule has 1 aliphatic rings. The molecule has 0 aliphatic carbocycles. The fourth-order valence-corrected chi connectivity index (χ4v) is 6.70. The van der Waals surface area contributed by atoms with E-state index in [4.69, 9.17) is 27.5 Å². The Bertz CT molecular complexity index is 1520. The van der Waals surface area contributed by atoms with E-state index in [1.807, 2.05) is 32.0 Å². The molecule has 4 rings (SSSR count). The second-order valence-electron chi connectivity index (χ2n) is 11.3. The van der Waals surface area contributed by atoms with Crippen LogP contribution in [0.15, 0.2) is 54.6 Å². The van der Waals surface area contributed by atoms with Gasteiger partial charge in [0.15, 0.2) is 23.0 Å². The Morgan fingerprint density at radius 2 is 1.67 bits per heavy atom. The third-order valence-corrected chi connectivity index (χ3v) is 8.35. The first-order valence-electron chi connectivity index (χ1n) is 13.5. The predicted octanol–water partition coefficient (Wildman–Crippen LogP) is 6.50. The number of nitro groups is 1. The topological polar surface area (TPSA) is 138 Å². The number of ether oxygens (including phenoxy) is 3. The highest BCUT2D eigenvalue weighted by molar-refractivity contribution is 8.20. The molecule has 0 aromatic heterocycles. The third-order valence-electron chi connectivity index (χ3n) is 6.74. The number of anilines is 1. The van der Waals surface area contributed by atoms with Crippen LogP contribution in [0.3, 0.4) is 0 Å². The Labute approximate surface area is 248 Å². The summed E-state index contributed by atoms with van der Waals surface area (Å²) in [5.41, 5.74) is 5.08. The summed E-state index contributed by atoms with van der Waals surface area (Å²) in [5.74, 6) is 2.05.